The number of esters is 1. The van der Waals surface area contributed by atoms with E-state index in [1.54, 1.807) is 30.4 Å². The van der Waals surface area contributed by atoms with Gasteiger partial charge in [-0.1, -0.05) is 42.5 Å². The standard InChI is InChI=1S/C28H29FN2O4/c1-35-27(33)5-3-2-4-18-30-26(32)17-10-20-6-8-21(9-7-20)19-25(28(34)31-24-15-16-24)22-11-13-23(29)14-12-22/h3,5-14,17,19,24H,2,4,15-16,18H2,1H3,(H,30,32)(H,31,34)/b5-3?,17-10+,25-19?. The molecule has 2 aromatic rings. The molecule has 0 saturated heterocycles. The third kappa shape index (κ3) is 9.04. The second-order valence-corrected chi connectivity index (χ2v) is 8.17. The van der Waals surface area contributed by atoms with Gasteiger partial charge in [-0.05, 0) is 66.7 Å². The molecular weight excluding hydrogens is 447 g/mol. The van der Waals surface area contributed by atoms with Crippen LogP contribution in [0.3, 0.4) is 0 Å². The monoisotopic (exact) mass is 476 g/mol. The Labute approximate surface area is 204 Å². The summed E-state index contributed by atoms with van der Waals surface area (Å²) in [6, 6.07) is 13.5. The molecule has 3 rings (SSSR count). The van der Waals surface area contributed by atoms with Crippen LogP contribution in [0.2, 0.25) is 0 Å². The molecule has 2 aromatic carbocycles. The Kier molecular flexibility index (Phi) is 9.54. The summed E-state index contributed by atoms with van der Waals surface area (Å²) in [5.41, 5.74) is 2.77. The minimum Gasteiger partial charge on any atom is -0.466 e. The molecule has 35 heavy (non-hydrogen) atoms. The molecule has 182 valence electrons. The maximum atomic E-state index is 13.4. The summed E-state index contributed by atoms with van der Waals surface area (Å²) >= 11 is 0. The van der Waals surface area contributed by atoms with Crippen molar-refractivity contribution in [3.63, 3.8) is 0 Å². The number of carbonyl (C=O) groups is 3. The molecule has 0 atom stereocenters. The summed E-state index contributed by atoms with van der Waals surface area (Å²) < 4.78 is 17.9. The van der Waals surface area contributed by atoms with E-state index >= 15 is 0 Å². The third-order valence-electron chi connectivity index (χ3n) is 5.29. The van der Waals surface area contributed by atoms with Crippen LogP contribution < -0.4 is 10.6 Å². The fourth-order valence-corrected chi connectivity index (χ4v) is 3.18. The maximum absolute atomic E-state index is 13.4. The zero-order chi connectivity index (χ0) is 25.0. The molecule has 0 aromatic heterocycles. The number of benzene rings is 2. The van der Waals surface area contributed by atoms with Gasteiger partial charge in [0, 0.05) is 30.3 Å². The van der Waals surface area contributed by atoms with Crippen molar-refractivity contribution >= 4 is 35.5 Å². The van der Waals surface area contributed by atoms with Gasteiger partial charge in [0.05, 0.1) is 7.11 Å². The minimum absolute atomic E-state index is 0.180. The fourth-order valence-electron chi connectivity index (χ4n) is 3.18. The van der Waals surface area contributed by atoms with Gasteiger partial charge >= 0.3 is 5.97 Å². The smallest absolute Gasteiger partial charge is 0.330 e. The molecule has 2 amide bonds. The average Bonchev–Trinajstić information content (AvgIpc) is 3.68. The van der Waals surface area contributed by atoms with Crippen LogP contribution in [0.4, 0.5) is 4.39 Å². The minimum atomic E-state index is -0.397. The van der Waals surface area contributed by atoms with Crippen molar-refractivity contribution in [2.45, 2.75) is 31.7 Å². The summed E-state index contributed by atoms with van der Waals surface area (Å²) in [6.07, 6.45) is 11.3. The van der Waals surface area contributed by atoms with Crippen LogP contribution in [0, 0.1) is 5.82 Å². The highest BCUT2D eigenvalue weighted by Crippen LogP contribution is 2.24. The number of ether oxygens (including phenoxy) is 1. The predicted octanol–water partition coefficient (Wildman–Crippen LogP) is 4.28. The van der Waals surface area contributed by atoms with Crippen molar-refractivity contribution in [2.75, 3.05) is 13.7 Å². The van der Waals surface area contributed by atoms with Gasteiger partial charge in [0.2, 0.25) is 5.91 Å². The van der Waals surface area contributed by atoms with E-state index in [2.05, 4.69) is 15.4 Å². The van der Waals surface area contributed by atoms with Crippen LogP contribution in [0.5, 0.6) is 0 Å². The lowest BCUT2D eigenvalue weighted by Gasteiger charge is -2.09. The fraction of sp³-hybridized carbons (Fsp3) is 0.250. The van der Waals surface area contributed by atoms with Crippen molar-refractivity contribution in [2.24, 2.45) is 0 Å². The number of methoxy groups -OCH3 is 1. The second-order valence-electron chi connectivity index (χ2n) is 8.17. The molecule has 7 heteroatoms. The highest BCUT2D eigenvalue weighted by atomic mass is 19.1. The van der Waals surface area contributed by atoms with Crippen molar-refractivity contribution in [3.8, 4) is 0 Å². The third-order valence-corrected chi connectivity index (χ3v) is 5.29. The number of allylic oxidation sites excluding steroid dienone is 1. The van der Waals surface area contributed by atoms with Crippen molar-refractivity contribution < 1.29 is 23.5 Å². The van der Waals surface area contributed by atoms with Crippen LogP contribution >= 0.6 is 0 Å². The molecular formula is C28H29FN2O4. The molecule has 0 radical (unpaired) electrons. The molecule has 1 aliphatic rings. The Bertz CT molecular complexity index is 1110. The molecule has 0 bridgehead atoms. The number of carbonyl (C=O) groups excluding carboxylic acids is 3. The zero-order valence-electron chi connectivity index (χ0n) is 19.6. The quantitative estimate of drug-likeness (QED) is 0.219. The Morgan fingerprint density at radius 2 is 1.69 bits per heavy atom. The van der Waals surface area contributed by atoms with Gasteiger partial charge in [-0.25, -0.2) is 9.18 Å². The Morgan fingerprint density at radius 3 is 2.34 bits per heavy atom. The van der Waals surface area contributed by atoms with E-state index in [1.165, 1.54) is 31.4 Å². The molecule has 1 fully saturated rings. The van der Waals surface area contributed by atoms with Crippen molar-refractivity contribution in [1.82, 2.24) is 10.6 Å². The Hall–Kier alpha value is -4.00. The summed E-state index contributed by atoms with van der Waals surface area (Å²) in [5, 5.41) is 5.78. The number of rotatable bonds is 11. The van der Waals surface area contributed by atoms with Crippen molar-refractivity contribution in [3.05, 3.63) is 89.3 Å². The van der Waals surface area contributed by atoms with Gasteiger partial charge in [-0.2, -0.15) is 0 Å². The van der Waals surface area contributed by atoms with Crippen LogP contribution in [-0.4, -0.2) is 37.5 Å². The van der Waals surface area contributed by atoms with Crippen molar-refractivity contribution in [1.29, 1.82) is 0 Å². The van der Waals surface area contributed by atoms with E-state index < -0.39 is 5.97 Å². The molecule has 2 N–H and O–H groups in total. The number of amides is 2. The SMILES string of the molecule is COC(=O)C=CCCCNC(=O)/C=C/c1ccc(C=C(C(=O)NC2CC2)c2ccc(F)cc2)cc1. The molecule has 1 saturated carbocycles. The molecule has 1 aliphatic carbocycles. The van der Waals surface area contributed by atoms with E-state index in [-0.39, 0.29) is 23.7 Å². The largest absolute Gasteiger partial charge is 0.466 e. The Balaban J connectivity index is 1.57. The first-order valence-electron chi connectivity index (χ1n) is 11.5. The Morgan fingerprint density at radius 1 is 1.00 bits per heavy atom. The van der Waals surface area contributed by atoms with E-state index in [9.17, 15) is 18.8 Å². The highest BCUT2D eigenvalue weighted by Gasteiger charge is 2.25. The van der Waals surface area contributed by atoms with Gasteiger partial charge in [0.25, 0.3) is 5.91 Å². The lowest BCUT2D eigenvalue weighted by atomic mass is 10.0. The van der Waals surface area contributed by atoms with Crippen LogP contribution in [0.15, 0.2) is 66.8 Å². The summed E-state index contributed by atoms with van der Waals surface area (Å²) in [6.45, 7) is 0.494. The van der Waals surface area contributed by atoms with Gasteiger partial charge < -0.3 is 15.4 Å². The van der Waals surface area contributed by atoms with Gasteiger partial charge in [-0.3, -0.25) is 9.59 Å². The highest BCUT2D eigenvalue weighted by molar-refractivity contribution is 6.24. The molecule has 6 nitrogen and oxygen atoms in total. The first kappa shape index (κ1) is 25.6. The number of halogens is 1. The topological polar surface area (TPSA) is 84.5 Å². The summed E-state index contributed by atoms with van der Waals surface area (Å²) in [4.78, 5) is 35.7. The van der Waals surface area contributed by atoms with E-state index in [0.29, 0.717) is 30.5 Å². The average molecular weight is 477 g/mol. The van der Waals surface area contributed by atoms with Gasteiger partial charge in [0.1, 0.15) is 5.82 Å². The molecule has 0 spiro atoms. The maximum Gasteiger partial charge on any atom is 0.330 e. The summed E-state index contributed by atoms with van der Waals surface area (Å²) in [7, 11) is 1.32. The first-order valence-corrected chi connectivity index (χ1v) is 11.5. The first-order chi connectivity index (χ1) is 16.9. The number of unbranched alkanes of at least 4 members (excludes halogenated alkanes) is 1. The van der Waals surface area contributed by atoms with Crippen LogP contribution in [-0.2, 0) is 19.1 Å². The van der Waals surface area contributed by atoms with Gasteiger partial charge in [0.15, 0.2) is 0 Å². The lowest BCUT2D eigenvalue weighted by molar-refractivity contribution is -0.134. The van der Waals surface area contributed by atoms with Gasteiger partial charge in [-0.15, -0.1) is 0 Å². The second kappa shape index (κ2) is 13.0. The molecule has 0 unspecified atom stereocenters. The number of hydrogen-bond donors (Lipinski definition) is 2. The van der Waals surface area contributed by atoms with E-state index in [1.807, 2.05) is 24.3 Å². The number of nitrogens with one attached hydrogen (secondary N) is 2. The summed E-state index contributed by atoms with van der Waals surface area (Å²) in [5.74, 6) is -1.14. The van der Waals surface area contributed by atoms with E-state index in [4.69, 9.17) is 0 Å². The normalized spacial score (nSPS) is 13.7. The molecule has 0 aliphatic heterocycles. The predicted molar refractivity (Wildman–Crippen MR) is 134 cm³/mol. The zero-order valence-corrected chi connectivity index (χ0v) is 19.6. The van der Waals surface area contributed by atoms with Crippen LogP contribution in [0.25, 0.3) is 17.7 Å². The number of hydrogen-bond acceptors (Lipinski definition) is 4. The molecule has 0 heterocycles. The van der Waals surface area contributed by atoms with E-state index in [0.717, 1.165) is 24.0 Å². The van der Waals surface area contributed by atoms with Crippen LogP contribution in [0.1, 0.15) is 42.4 Å². The lowest BCUT2D eigenvalue weighted by Crippen LogP contribution is -2.26.